The Hall–Kier alpha value is -1.90. The largest absolute Gasteiger partial charge is 0.506 e. The molecule has 0 saturated heterocycles. The van der Waals surface area contributed by atoms with E-state index < -0.39 is 0 Å². The number of nitrogens with two attached hydrogens (primary N) is 1. The Labute approximate surface area is 114 Å². The molecular formula is C16H22N2O. The van der Waals surface area contributed by atoms with Crippen LogP contribution in [0.5, 0.6) is 5.75 Å². The zero-order valence-corrected chi connectivity index (χ0v) is 11.4. The number of anilines is 1. The Morgan fingerprint density at radius 3 is 2.84 bits per heavy atom. The molecular weight excluding hydrogens is 236 g/mol. The highest BCUT2D eigenvalue weighted by atomic mass is 16.3. The Morgan fingerprint density at radius 1 is 1.26 bits per heavy atom. The Bertz CT molecular complexity index is 503. The van der Waals surface area contributed by atoms with E-state index in [2.05, 4.69) is 18.3 Å². The number of unbranched alkanes of at least 4 members (excludes halogenated alkanes) is 3. The van der Waals surface area contributed by atoms with E-state index >= 15 is 0 Å². The molecule has 0 atom stereocenters. The van der Waals surface area contributed by atoms with Crippen LogP contribution in [0.1, 0.15) is 44.6 Å². The predicted octanol–water partition coefficient (Wildman–Crippen LogP) is 3.97. The lowest BCUT2D eigenvalue weighted by molar-refractivity contribution is 0.477. The van der Waals surface area contributed by atoms with Gasteiger partial charge in [-0.05, 0) is 30.6 Å². The summed E-state index contributed by atoms with van der Waals surface area (Å²) in [5.74, 6) is 0.262. The molecule has 102 valence electrons. The van der Waals surface area contributed by atoms with Crippen molar-refractivity contribution < 1.29 is 5.11 Å². The average Bonchev–Trinajstić information content (AvgIpc) is 2.43. The van der Waals surface area contributed by atoms with Crippen LogP contribution in [0.2, 0.25) is 0 Å². The molecule has 0 unspecified atom stereocenters. The smallest absolute Gasteiger partial charge is 0.139 e. The van der Waals surface area contributed by atoms with Crippen LogP contribution in [0.25, 0.3) is 6.08 Å². The van der Waals surface area contributed by atoms with Crippen LogP contribution in [0.3, 0.4) is 0 Å². The van der Waals surface area contributed by atoms with Crippen molar-refractivity contribution >= 4 is 11.8 Å². The number of nitrogens with one attached hydrogen (secondary N) is 1. The van der Waals surface area contributed by atoms with E-state index in [4.69, 9.17) is 5.73 Å². The minimum Gasteiger partial charge on any atom is -0.506 e. The van der Waals surface area contributed by atoms with E-state index in [9.17, 15) is 5.11 Å². The Balaban J connectivity index is 2.17. The highest BCUT2D eigenvalue weighted by Crippen LogP contribution is 2.36. The summed E-state index contributed by atoms with van der Waals surface area (Å²) in [6.07, 6.45) is 9.67. The number of hydrogen-bond acceptors (Lipinski definition) is 3. The van der Waals surface area contributed by atoms with Gasteiger partial charge in [-0.25, -0.2) is 0 Å². The second-order valence-corrected chi connectivity index (χ2v) is 4.93. The van der Waals surface area contributed by atoms with E-state index in [-0.39, 0.29) is 5.75 Å². The summed E-state index contributed by atoms with van der Waals surface area (Å²) < 4.78 is 0. The molecule has 2 rings (SSSR count). The van der Waals surface area contributed by atoms with Gasteiger partial charge in [-0.1, -0.05) is 38.3 Å². The molecule has 0 spiro atoms. The number of para-hydroxylation sites is 1. The van der Waals surface area contributed by atoms with Crippen molar-refractivity contribution in [1.29, 1.82) is 0 Å². The number of rotatable bonds is 5. The predicted molar refractivity (Wildman–Crippen MR) is 80.7 cm³/mol. The van der Waals surface area contributed by atoms with Gasteiger partial charge < -0.3 is 16.2 Å². The Morgan fingerprint density at radius 2 is 2.11 bits per heavy atom. The number of hydrogen-bond donors (Lipinski definition) is 3. The number of benzene rings is 1. The molecule has 0 aliphatic carbocycles. The summed E-state index contributed by atoms with van der Waals surface area (Å²) in [5, 5.41) is 13.1. The number of allylic oxidation sites excluding steroid dienone is 1. The third-order valence-corrected chi connectivity index (χ3v) is 3.48. The third-order valence-electron chi connectivity index (χ3n) is 3.48. The van der Waals surface area contributed by atoms with Crippen molar-refractivity contribution in [1.82, 2.24) is 0 Å². The third kappa shape index (κ3) is 3.11. The van der Waals surface area contributed by atoms with Gasteiger partial charge in [-0.3, -0.25) is 0 Å². The zero-order valence-electron chi connectivity index (χ0n) is 11.4. The lowest BCUT2D eigenvalue weighted by Gasteiger charge is -2.22. The first-order valence-corrected chi connectivity index (χ1v) is 6.98. The summed E-state index contributed by atoms with van der Waals surface area (Å²) in [7, 11) is 0. The lowest BCUT2D eigenvalue weighted by atomic mass is 9.96. The SMILES string of the molecule is CCCCCCC1=Cc2cccc(O)c2NC1=CN. The molecule has 4 N–H and O–H groups in total. The molecule has 1 aliphatic heterocycles. The molecule has 1 aromatic rings. The fraction of sp³-hybridized carbons (Fsp3) is 0.375. The van der Waals surface area contributed by atoms with Gasteiger partial charge >= 0.3 is 0 Å². The highest BCUT2D eigenvalue weighted by Gasteiger charge is 2.16. The molecule has 0 radical (unpaired) electrons. The van der Waals surface area contributed by atoms with E-state index in [0.717, 1.165) is 23.4 Å². The quantitative estimate of drug-likeness (QED) is 0.553. The molecule has 0 aromatic heterocycles. The minimum absolute atomic E-state index is 0.262. The molecule has 1 aliphatic rings. The first-order chi connectivity index (χ1) is 9.26. The van der Waals surface area contributed by atoms with Crippen molar-refractivity contribution in [3.8, 4) is 5.75 Å². The first-order valence-electron chi connectivity index (χ1n) is 6.98. The van der Waals surface area contributed by atoms with Crippen molar-refractivity contribution in [3.05, 3.63) is 41.2 Å². The van der Waals surface area contributed by atoms with E-state index in [0.29, 0.717) is 0 Å². The standard InChI is InChI=1S/C16H22N2O/c1-2-3-4-5-7-12-10-13-8-6-9-15(19)16(13)18-14(12)11-17/h6,8-11,18-19H,2-5,7,17H2,1H3. The molecule has 19 heavy (non-hydrogen) atoms. The molecule has 0 fully saturated rings. The van der Waals surface area contributed by atoms with Gasteiger partial charge in [0.1, 0.15) is 5.75 Å². The van der Waals surface area contributed by atoms with E-state index in [1.165, 1.54) is 31.3 Å². The van der Waals surface area contributed by atoms with Crippen LogP contribution >= 0.6 is 0 Å². The zero-order chi connectivity index (χ0) is 13.7. The highest BCUT2D eigenvalue weighted by molar-refractivity contribution is 5.81. The van der Waals surface area contributed by atoms with Crippen molar-refractivity contribution in [3.63, 3.8) is 0 Å². The average molecular weight is 258 g/mol. The number of aromatic hydroxyl groups is 1. The molecule has 0 bridgehead atoms. The summed E-state index contributed by atoms with van der Waals surface area (Å²) in [4.78, 5) is 0. The van der Waals surface area contributed by atoms with E-state index in [1.807, 2.05) is 12.1 Å². The van der Waals surface area contributed by atoms with Gasteiger partial charge in [-0.15, -0.1) is 0 Å². The summed E-state index contributed by atoms with van der Waals surface area (Å²) in [6, 6.07) is 5.54. The van der Waals surface area contributed by atoms with Crippen molar-refractivity contribution in [2.24, 2.45) is 5.73 Å². The maximum absolute atomic E-state index is 9.84. The normalized spacial score (nSPS) is 15.8. The van der Waals surface area contributed by atoms with Gasteiger partial charge in [0.15, 0.2) is 0 Å². The van der Waals surface area contributed by atoms with Crippen molar-refractivity contribution in [2.45, 2.75) is 39.0 Å². The number of phenolic OH excluding ortho intramolecular Hbond substituents is 1. The van der Waals surface area contributed by atoms with Gasteiger partial charge in [-0.2, -0.15) is 0 Å². The van der Waals surface area contributed by atoms with Crippen LogP contribution < -0.4 is 11.1 Å². The van der Waals surface area contributed by atoms with Crippen LogP contribution in [0, 0.1) is 0 Å². The van der Waals surface area contributed by atoms with Crippen molar-refractivity contribution in [2.75, 3.05) is 5.32 Å². The minimum atomic E-state index is 0.262. The summed E-state index contributed by atoms with van der Waals surface area (Å²) in [6.45, 7) is 2.21. The fourth-order valence-electron chi connectivity index (χ4n) is 2.39. The summed E-state index contributed by atoms with van der Waals surface area (Å²) in [5.41, 5.74) is 9.58. The summed E-state index contributed by atoms with van der Waals surface area (Å²) >= 11 is 0. The maximum atomic E-state index is 9.84. The van der Waals surface area contributed by atoms with Gasteiger partial charge in [0.25, 0.3) is 0 Å². The van der Waals surface area contributed by atoms with Gasteiger partial charge in [0.2, 0.25) is 0 Å². The fourth-order valence-corrected chi connectivity index (χ4v) is 2.39. The second-order valence-electron chi connectivity index (χ2n) is 4.93. The Kier molecular flexibility index (Phi) is 4.50. The van der Waals surface area contributed by atoms with Gasteiger partial charge in [0.05, 0.1) is 11.4 Å². The number of phenols is 1. The van der Waals surface area contributed by atoms with Crippen LogP contribution in [0.15, 0.2) is 35.7 Å². The molecule has 3 nitrogen and oxygen atoms in total. The lowest BCUT2D eigenvalue weighted by Crippen LogP contribution is -2.11. The monoisotopic (exact) mass is 258 g/mol. The molecule has 3 heteroatoms. The molecule has 1 heterocycles. The molecule has 0 amide bonds. The maximum Gasteiger partial charge on any atom is 0.139 e. The number of fused-ring (bicyclic) bond motifs is 1. The second kappa shape index (κ2) is 6.32. The van der Waals surface area contributed by atoms with Crippen LogP contribution in [-0.4, -0.2) is 5.11 Å². The first kappa shape index (κ1) is 13.5. The molecule has 1 aromatic carbocycles. The van der Waals surface area contributed by atoms with Gasteiger partial charge in [0, 0.05) is 11.8 Å². The van der Waals surface area contributed by atoms with Crippen LogP contribution in [0.4, 0.5) is 5.69 Å². The van der Waals surface area contributed by atoms with E-state index in [1.54, 1.807) is 12.3 Å². The topological polar surface area (TPSA) is 58.3 Å². The molecule has 0 saturated carbocycles. The van der Waals surface area contributed by atoms with Crippen LogP contribution in [-0.2, 0) is 0 Å².